The number of nitrogens with one attached hydrogen (secondary N) is 1. The Morgan fingerprint density at radius 3 is 2.10 bits per heavy atom. The summed E-state index contributed by atoms with van der Waals surface area (Å²) in [5.41, 5.74) is 3.17. The zero-order chi connectivity index (χ0) is 27.9. The van der Waals surface area contributed by atoms with Crippen molar-refractivity contribution in [3.63, 3.8) is 0 Å². The van der Waals surface area contributed by atoms with Crippen LogP contribution in [0, 0.1) is 0 Å². The van der Waals surface area contributed by atoms with Crippen molar-refractivity contribution in [2.45, 2.75) is 5.22 Å². The van der Waals surface area contributed by atoms with E-state index in [2.05, 4.69) is 20.4 Å². The lowest BCUT2D eigenvalue weighted by atomic mass is 10.1. The van der Waals surface area contributed by atoms with Crippen LogP contribution in [0.5, 0.6) is 11.5 Å². The second-order valence-corrected chi connectivity index (χ2v) is 9.92. The van der Waals surface area contributed by atoms with E-state index in [1.807, 2.05) is 53.4 Å². The van der Waals surface area contributed by atoms with Crippen molar-refractivity contribution in [2.75, 3.05) is 56.4 Å². The Morgan fingerprint density at radius 2 is 1.48 bits per heavy atom. The summed E-state index contributed by atoms with van der Waals surface area (Å²) in [6, 6.07) is 22.2. The van der Waals surface area contributed by atoms with Gasteiger partial charge in [0.1, 0.15) is 11.5 Å². The number of carbonyl (C=O) groups excluding carboxylic acids is 2. The molecule has 0 atom stereocenters. The summed E-state index contributed by atoms with van der Waals surface area (Å²) in [6.07, 6.45) is 0. The molecule has 4 aromatic rings. The van der Waals surface area contributed by atoms with Crippen LogP contribution in [-0.2, 0) is 4.79 Å². The summed E-state index contributed by atoms with van der Waals surface area (Å²) in [6.45, 7) is 2.73. The highest BCUT2D eigenvalue weighted by molar-refractivity contribution is 7.99. The maximum absolute atomic E-state index is 12.8. The van der Waals surface area contributed by atoms with Gasteiger partial charge in [-0.15, -0.1) is 10.2 Å². The van der Waals surface area contributed by atoms with Gasteiger partial charge in [0, 0.05) is 48.7 Å². The molecule has 1 aliphatic rings. The standard InChI is InChI=1S/C29H29N5O5S/c1-37-24-11-3-20(4-12-24)27-31-32-29(39-27)40-19-26(35)30-22-7-9-23(10-8-22)33-15-17-34(18-16-33)28(36)21-5-13-25(38-2)14-6-21/h3-14H,15-19H2,1-2H3,(H,30,35). The Balaban J connectivity index is 1.07. The van der Waals surface area contributed by atoms with Crippen LogP contribution in [0.4, 0.5) is 11.4 Å². The fourth-order valence-corrected chi connectivity index (χ4v) is 4.85. The molecule has 1 N–H and O–H groups in total. The minimum absolute atomic E-state index is 0.0238. The number of nitrogens with zero attached hydrogens (tertiary/aromatic N) is 4. The first kappa shape index (κ1) is 27.1. The topological polar surface area (TPSA) is 110 Å². The van der Waals surface area contributed by atoms with Gasteiger partial charge in [-0.1, -0.05) is 11.8 Å². The van der Waals surface area contributed by atoms with E-state index in [1.165, 1.54) is 11.8 Å². The second-order valence-electron chi connectivity index (χ2n) is 8.99. The lowest BCUT2D eigenvalue weighted by Gasteiger charge is -2.36. The Hall–Kier alpha value is -4.51. The molecule has 0 saturated carbocycles. The van der Waals surface area contributed by atoms with Crippen LogP contribution in [0.25, 0.3) is 11.5 Å². The molecule has 40 heavy (non-hydrogen) atoms. The maximum Gasteiger partial charge on any atom is 0.277 e. The summed E-state index contributed by atoms with van der Waals surface area (Å²) in [5.74, 6) is 1.83. The van der Waals surface area contributed by atoms with E-state index in [0.717, 1.165) is 35.8 Å². The molecule has 0 radical (unpaired) electrons. The van der Waals surface area contributed by atoms with Crippen molar-refractivity contribution < 1.29 is 23.5 Å². The number of piperazine rings is 1. The highest BCUT2D eigenvalue weighted by Crippen LogP contribution is 2.25. The Bertz CT molecular complexity index is 1430. The van der Waals surface area contributed by atoms with Crippen LogP contribution in [0.15, 0.2) is 82.4 Å². The summed E-state index contributed by atoms with van der Waals surface area (Å²) in [7, 11) is 3.21. The van der Waals surface area contributed by atoms with Gasteiger partial charge in [-0.25, -0.2) is 0 Å². The fraction of sp³-hybridized carbons (Fsp3) is 0.241. The van der Waals surface area contributed by atoms with Gasteiger partial charge in [0.25, 0.3) is 11.1 Å². The van der Waals surface area contributed by atoms with Crippen molar-refractivity contribution in [1.82, 2.24) is 15.1 Å². The molecule has 11 heteroatoms. The van der Waals surface area contributed by atoms with Crippen LogP contribution in [0.2, 0.25) is 0 Å². The van der Waals surface area contributed by atoms with E-state index in [9.17, 15) is 9.59 Å². The molecule has 2 amide bonds. The number of aromatic nitrogens is 2. The van der Waals surface area contributed by atoms with Crippen LogP contribution in [0.1, 0.15) is 10.4 Å². The Kier molecular flexibility index (Phi) is 8.50. The van der Waals surface area contributed by atoms with E-state index in [1.54, 1.807) is 38.5 Å². The Morgan fingerprint density at radius 1 is 0.850 bits per heavy atom. The summed E-state index contributed by atoms with van der Waals surface area (Å²) >= 11 is 1.18. The van der Waals surface area contributed by atoms with Gasteiger partial charge in [0.2, 0.25) is 11.8 Å². The Labute approximate surface area is 236 Å². The summed E-state index contributed by atoms with van der Waals surface area (Å²) in [4.78, 5) is 29.4. The van der Waals surface area contributed by atoms with Gasteiger partial charge in [-0.2, -0.15) is 0 Å². The smallest absolute Gasteiger partial charge is 0.277 e. The van der Waals surface area contributed by atoms with Crippen molar-refractivity contribution in [3.8, 4) is 23.0 Å². The summed E-state index contributed by atoms with van der Waals surface area (Å²) < 4.78 is 16.0. The van der Waals surface area contributed by atoms with Gasteiger partial charge in [0.05, 0.1) is 20.0 Å². The largest absolute Gasteiger partial charge is 0.497 e. The van der Waals surface area contributed by atoms with Gasteiger partial charge in [-0.3, -0.25) is 9.59 Å². The maximum atomic E-state index is 12.8. The van der Waals surface area contributed by atoms with Crippen molar-refractivity contribution in [1.29, 1.82) is 0 Å². The lowest BCUT2D eigenvalue weighted by molar-refractivity contribution is -0.113. The van der Waals surface area contributed by atoms with Crippen LogP contribution >= 0.6 is 11.8 Å². The third-order valence-electron chi connectivity index (χ3n) is 6.49. The molecule has 0 bridgehead atoms. The lowest BCUT2D eigenvalue weighted by Crippen LogP contribution is -2.48. The number of rotatable bonds is 9. The molecular formula is C29H29N5O5S. The van der Waals surface area contributed by atoms with Gasteiger partial charge < -0.3 is 29.0 Å². The van der Waals surface area contributed by atoms with E-state index < -0.39 is 0 Å². The number of methoxy groups -OCH3 is 2. The molecule has 1 fully saturated rings. The first-order valence-corrected chi connectivity index (χ1v) is 13.7. The van der Waals surface area contributed by atoms with Gasteiger partial charge >= 0.3 is 0 Å². The molecule has 2 heterocycles. The number of ether oxygens (including phenoxy) is 2. The SMILES string of the molecule is COc1ccc(C(=O)N2CCN(c3ccc(NC(=O)CSc4nnc(-c5ccc(OC)cc5)o4)cc3)CC2)cc1. The fourth-order valence-electron chi connectivity index (χ4n) is 4.28. The second kappa shape index (κ2) is 12.6. The zero-order valence-corrected chi connectivity index (χ0v) is 23.0. The van der Waals surface area contributed by atoms with E-state index in [4.69, 9.17) is 13.9 Å². The number of anilines is 2. The quantitative estimate of drug-likeness (QED) is 0.298. The number of benzene rings is 3. The first-order chi connectivity index (χ1) is 19.5. The molecule has 1 aliphatic heterocycles. The minimum Gasteiger partial charge on any atom is -0.497 e. The van der Waals surface area contributed by atoms with Crippen molar-refractivity contribution in [3.05, 3.63) is 78.4 Å². The molecule has 0 aliphatic carbocycles. The summed E-state index contributed by atoms with van der Waals surface area (Å²) in [5, 5.41) is 11.3. The first-order valence-electron chi connectivity index (χ1n) is 12.7. The molecule has 1 aromatic heterocycles. The number of amides is 2. The molecule has 1 saturated heterocycles. The average Bonchev–Trinajstić information content (AvgIpc) is 3.49. The van der Waals surface area contributed by atoms with Crippen LogP contribution < -0.4 is 19.7 Å². The number of carbonyl (C=O) groups is 2. The van der Waals surface area contributed by atoms with Crippen molar-refractivity contribution in [2.24, 2.45) is 0 Å². The van der Waals surface area contributed by atoms with Crippen LogP contribution in [-0.4, -0.2) is 73.1 Å². The molecular weight excluding hydrogens is 530 g/mol. The van der Waals surface area contributed by atoms with Gasteiger partial charge in [-0.05, 0) is 72.8 Å². The molecule has 0 unspecified atom stereocenters. The van der Waals surface area contributed by atoms with E-state index >= 15 is 0 Å². The highest BCUT2D eigenvalue weighted by Gasteiger charge is 2.22. The number of hydrogen-bond donors (Lipinski definition) is 1. The normalized spacial score (nSPS) is 13.2. The molecule has 0 spiro atoms. The minimum atomic E-state index is -0.174. The van der Waals surface area contributed by atoms with Gasteiger partial charge in [0.15, 0.2) is 0 Å². The number of hydrogen-bond acceptors (Lipinski definition) is 9. The molecule has 3 aromatic carbocycles. The molecule has 206 valence electrons. The van der Waals surface area contributed by atoms with Crippen LogP contribution in [0.3, 0.4) is 0 Å². The zero-order valence-electron chi connectivity index (χ0n) is 22.2. The predicted octanol–water partition coefficient (Wildman–Crippen LogP) is 4.45. The van der Waals surface area contributed by atoms with E-state index in [0.29, 0.717) is 35.5 Å². The predicted molar refractivity (Wildman–Crippen MR) is 153 cm³/mol. The third-order valence-corrected chi connectivity index (χ3v) is 7.31. The average molecular weight is 560 g/mol. The van der Waals surface area contributed by atoms with E-state index in [-0.39, 0.29) is 17.6 Å². The molecule has 5 rings (SSSR count). The molecule has 10 nitrogen and oxygen atoms in total. The number of thioether (sulfide) groups is 1. The monoisotopic (exact) mass is 559 g/mol. The van der Waals surface area contributed by atoms with Crippen molar-refractivity contribution >= 4 is 35.0 Å². The highest BCUT2D eigenvalue weighted by atomic mass is 32.2. The third kappa shape index (κ3) is 6.55.